The van der Waals surface area contributed by atoms with E-state index in [0.717, 1.165) is 18.3 Å². The minimum Gasteiger partial charge on any atom is -0.504 e. The van der Waals surface area contributed by atoms with Crippen molar-refractivity contribution in [2.75, 3.05) is 13.2 Å². The van der Waals surface area contributed by atoms with Gasteiger partial charge in [0.05, 0.1) is 12.2 Å². The molecule has 1 heterocycles. The van der Waals surface area contributed by atoms with Gasteiger partial charge in [-0.3, -0.25) is 14.4 Å². The number of ketones is 1. The van der Waals surface area contributed by atoms with Crippen molar-refractivity contribution in [3.63, 3.8) is 0 Å². The van der Waals surface area contributed by atoms with Crippen molar-refractivity contribution in [2.45, 2.75) is 38.9 Å². The number of amides is 2. The van der Waals surface area contributed by atoms with Crippen molar-refractivity contribution >= 4 is 17.6 Å². The Labute approximate surface area is 191 Å². The van der Waals surface area contributed by atoms with E-state index >= 15 is 0 Å². The molecule has 2 amide bonds. The molecular weight excluding hydrogens is 467 g/mol. The first-order chi connectivity index (χ1) is 15.9. The molecule has 0 radical (unpaired) electrons. The first-order valence-electron chi connectivity index (χ1n) is 10.2. The molecule has 1 aliphatic rings. The monoisotopic (exact) mass is 490 g/mol. The SMILES string of the molecule is CCCC/C1=C(/O)C(=O)/C(C(=O)NCc2ccc(F)cc2F)=C\NNCN(CC(F)(F)F)C1=O. The minimum absolute atomic E-state index is 0.0879. The normalized spacial score (nSPS) is 19.4. The number of Topliss-reactive ketones (excluding diaryl/α,β-unsaturated/α-hetero) is 1. The molecule has 0 aliphatic carbocycles. The largest absolute Gasteiger partial charge is 0.504 e. The van der Waals surface area contributed by atoms with E-state index in [9.17, 15) is 41.4 Å². The fraction of sp³-hybridized carbons (Fsp3) is 0.381. The second-order valence-corrected chi connectivity index (χ2v) is 7.33. The number of carbonyl (C=O) groups excluding carboxylic acids is 3. The summed E-state index contributed by atoms with van der Waals surface area (Å²) in [6.45, 7) is -1.01. The molecule has 1 aromatic rings. The first-order valence-corrected chi connectivity index (χ1v) is 10.2. The topological polar surface area (TPSA) is 111 Å². The molecule has 0 bridgehead atoms. The summed E-state index contributed by atoms with van der Waals surface area (Å²) in [5.74, 6) is -6.55. The van der Waals surface area contributed by atoms with Crippen LogP contribution in [0.5, 0.6) is 0 Å². The summed E-state index contributed by atoms with van der Waals surface area (Å²) < 4.78 is 65.6. The summed E-state index contributed by atoms with van der Waals surface area (Å²) in [6, 6.07) is 2.66. The summed E-state index contributed by atoms with van der Waals surface area (Å²) in [7, 11) is 0. The predicted octanol–water partition coefficient (Wildman–Crippen LogP) is 2.49. The number of benzene rings is 1. The number of halogens is 5. The van der Waals surface area contributed by atoms with Gasteiger partial charge < -0.3 is 20.7 Å². The lowest BCUT2D eigenvalue weighted by Gasteiger charge is -2.26. The van der Waals surface area contributed by atoms with Crippen molar-refractivity contribution < 1.29 is 41.4 Å². The Morgan fingerprint density at radius 3 is 2.56 bits per heavy atom. The van der Waals surface area contributed by atoms with Crippen LogP contribution in [0.15, 0.2) is 41.3 Å². The van der Waals surface area contributed by atoms with Gasteiger partial charge in [-0.25, -0.2) is 14.2 Å². The van der Waals surface area contributed by atoms with Crippen molar-refractivity contribution in [1.29, 1.82) is 0 Å². The quantitative estimate of drug-likeness (QED) is 0.345. The summed E-state index contributed by atoms with van der Waals surface area (Å²) in [5.41, 5.74) is 3.17. The standard InChI is InChI=1S/C21H23F5N4O4/c1-2-3-4-14-17(31)18(32)15(9-28-29-11-30(20(14)34)10-21(24,25)26)19(33)27-8-12-5-6-13(22)7-16(12)23/h5-7,9,28-29,31H,2-4,8,10-11H2,1H3,(H,27,33)/b15-9+,17-14-. The van der Waals surface area contributed by atoms with Crippen LogP contribution < -0.4 is 16.2 Å². The Kier molecular flexibility index (Phi) is 9.12. The summed E-state index contributed by atoms with van der Waals surface area (Å²) in [5, 5.41) is 12.7. The van der Waals surface area contributed by atoms with E-state index in [1.165, 1.54) is 0 Å². The smallest absolute Gasteiger partial charge is 0.406 e. The summed E-state index contributed by atoms with van der Waals surface area (Å²) in [6.07, 6.45) is -3.37. The van der Waals surface area contributed by atoms with Gasteiger partial charge in [0.25, 0.3) is 11.8 Å². The molecule has 1 aliphatic heterocycles. The van der Waals surface area contributed by atoms with Crippen LogP contribution in [-0.4, -0.2) is 47.0 Å². The number of alkyl halides is 3. The Bertz CT molecular complexity index is 1010. The van der Waals surface area contributed by atoms with Gasteiger partial charge in [-0.05, 0) is 18.9 Å². The number of unbranched alkanes of at least 4 members (excludes halogenated alkanes) is 1. The van der Waals surface area contributed by atoms with E-state index in [-0.39, 0.29) is 18.4 Å². The Hall–Kier alpha value is -3.48. The van der Waals surface area contributed by atoms with Crippen LogP contribution in [0.25, 0.3) is 0 Å². The molecule has 4 N–H and O–H groups in total. The molecule has 0 spiro atoms. The van der Waals surface area contributed by atoms with Gasteiger partial charge in [0.1, 0.15) is 23.8 Å². The van der Waals surface area contributed by atoms with Crippen LogP contribution in [0.3, 0.4) is 0 Å². The molecule has 0 unspecified atom stereocenters. The Balaban J connectivity index is 2.33. The predicted molar refractivity (Wildman–Crippen MR) is 109 cm³/mol. The minimum atomic E-state index is -4.74. The molecule has 13 heteroatoms. The number of hydrogen-bond acceptors (Lipinski definition) is 6. The number of carbonyl (C=O) groups is 3. The zero-order valence-electron chi connectivity index (χ0n) is 18.1. The van der Waals surface area contributed by atoms with Gasteiger partial charge in [0.15, 0.2) is 5.76 Å². The number of nitrogens with zero attached hydrogens (tertiary/aromatic N) is 1. The van der Waals surface area contributed by atoms with E-state index in [4.69, 9.17) is 0 Å². The van der Waals surface area contributed by atoms with Gasteiger partial charge in [0, 0.05) is 24.4 Å². The summed E-state index contributed by atoms with van der Waals surface area (Å²) in [4.78, 5) is 38.5. The highest BCUT2D eigenvalue weighted by atomic mass is 19.4. The molecule has 0 aromatic heterocycles. The third-order valence-electron chi connectivity index (χ3n) is 4.73. The fourth-order valence-corrected chi connectivity index (χ4v) is 2.99. The zero-order valence-corrected chi connectivity index (χ0v) is 18.1. The third kappa shape index (κ3) is 7.27. The van der Waals surface area contributed by atoms with Crippen molar-refractivity contribution in [1.82, 2.24) is 21.1 Å². The number of nitrogens with one attached hydrogen (secondary N) is 3. The molecule has 0 atom stereocenters. The van der Waals surface area contributed by atoms with Gasteiger partial charge >= 0.3 is 6.18 Å². The average Bonchev–Trinajstić information content (AvgIpc) is 2.75. The lowest BCUT2D eigenvalue weighted by Crippen LogP contribution is -2.48. The van der Waals surface area contributed by atoms with Crippen molar-refractivity contribution in [3.05, 3.63) is 58.5 Å². The van der Waals surface area contributed by atoms with Gasteiger partial charge in [-0.1, -0.05) is 19.4 Å². The molecule has 0 saturated carbocycles. The number of allylic oxidation sites excluding steroid dienone is 1. The van der Waals surface area contributed by atoms with E-state index < -0.39 is 72.1 Å². The average molecular weight is 490 g/mol. The van der Waals surface area contributed by atoms with E-state index in [0.29, 0.717) is 17.4 Å². The highest BCUT2D eigenvalue weighted by Gasteiger charge is 2.36. The molecule has 8 nitrogen and oxygen atoms in total. The lowest BCUT2D eigenvalue weighted by atomic mass is 10.0. The van der Waals surface area contributed by atoms with Crippen LogP contribution >= 0.6 is 0 Å². The van der Waals surface area contributed by atoms with Gasteiger partial charge in [0.2, 0.25) is 5.78 Å². The Morgan fingerprint density at radius 1 is 1.24 bits per heavy atom. The first kappa shape index (κ1) is 26.8. The van der Waals surface area contributed by atoms with Crippen LogP contribution in [0.1, 0.15) is 31.7 Å². The molecule has 34 heavy (non-hydrogen) atoms. The zero-order chi connectivity index (χ0) is 25.5. The van der Waals surface area contributed by atoms with Gasteiger partial charge in [-0.2, -0.15) is 13.2 Å². The number of aliphatic hydroxyl groups excluding tert-OH is 1. The molecule has 1 aromatic carbocycles. The molecule has 0 saturated heterocycles. The van der Waals surface area contributed by atoms with Crippen LogP contribution in [0.4, 0.5) is 22.0 Å². The number of hydrazine groups is 1. The Morgan fingerprint density at radius 2 is 1.94 bits per heavy atom. The molecule has 2 rings (SSSR count). The van der Waals surface area contributed by atoms with E-state index in [1.807, 2.05) is 0 Å². The van der Waals surface area contributed by atoms with Crippen molar-refractivity contribution in [2.24, 2.45) is 0 Å². The van der Waals surface area contributed by atoms with Crippen molar-refractivity contribution in [3.8, 4) is 0 Å². The number of hydrogen-bond donors (Lipinski definition) is 4. The third-order valence-corrected chi connectivity index (χ3v) is 4.73. The fourth-order valence-electron chi connectivity index (χ4n) is 2.99. The van der Waals surface area contributed by atoms with Crippen LogP contribution in [0.2, 0.25) is 0 Å². The maximum atomic E-state index is 13.8. The molecule has 0 fully saturated rings. The van der Waals surface area contributed by atoms with Crippen LogP contribution in [-0.2, 0) is 20.9 Å². The maximum absolute atomic E-state index is 13.8. The summed E-state index contributed by atoms with van der Waals surface area (Å²) >= 11 is 0. The number of aliphatic hydroxyl groups is 1. The maximum Gasteiger partial charge on any atom is 0.406 e. The molecular formula is C21H23F5N4O4. The van der Waals surface area contributed by atoms with Gasteiger partial charge in [-0.15, -0.1) is 0 Å². The van der Waals surface area contributed by atoms with Crippen LogP contribution in [0, 0.1) is 11.6 Å². The molecule has 186 valence electrons. The number of rotatable bonds is 7. The second kappa shape index (κ2) is 11.6. The van der Waals surface area contributed by atoms with E-state index in [2.05, 4.69) is 16.2 Å². The highest BCUT2D eigenvalue weighted by Crippen LogP contribution is 2.22. The lowest BCUT2D eigenvalue weighted by molar-refractivity contribution is -0.160. The second-order valence-electron chi connectivity index (χ2n) is 7.33. The van der Waals surface area contributed by atoms with E-state index in [1.54, 1.807) is 6.92 Å². The highest BCUT2D eigenvalue weighted by molar-refractivity contribution is 6.26.